The lowest BCUT2D eigenvalue weighted by Crippen LogP contribution is -2.30. The Bertz CT molecular complexity index is 1170. The number of fused-ring (bicyclic) bond motifs is 1. The third kappa shape index (κ3) is 3.47. The van der Waals surface area contributed by atoms with Gasteiger partial charge in [0.1, 0.15) is 6.29 Å². The van der Waals surface area contributed by atoms with Crippen LogP contribution in [0.25, 0.3) is 0 Å². The number of benzene rings is 3. The molecule has 4 rings (SSSR count). The highest BCUT2D eigenvalue weighted by Crippen LogP contribution is 2.42. The Hall–Kier alpha value is -2.92. The van der Waals surface area contributed by atoms with Crippen LogP contribution in [0, 0.1) is 13.8 Å². The Morgan fingerprint density at radius 1 is 0.966 bits per heavy atom. The number of nitrogens with zero attached hydrogens (tertiary/aromatic N) is 1. The molecule has 4 nitrogen and oxygen atoms in total. The smallest absolute Gasteiger partial charge is 0.264 e. The lowest BCUT2D eigenvalue weighted by Gasteiger charge is -2.20. The minimum atomic E-state index is -3.71. The third-order valence-electron chi connectivity index (χ3n) is 5.64. The predicted octanol–water partition coefficient (Wildman–Crippen LogP) is 4.65. The maximum absolute atomic E-state index is 13.4. The van der Waals surface area contributed by atoms with Crippen molar-refractivity contribution in [1.29, 1.82) is 0 Å². The highest BCUT2D eigenvalue weighted by Gasteiger charge is 2.38. The molecule has 0 saturated heterocycles. The molecule has 1 aliphatic rings. The number of carbonyl (C=O) groups excluding carboxylic acids is 1. The molecule has 1 heterocycles. The summed E-state index contributed by atoms with van der Waals surface area (Å²) in [6.45, 7) is 4.30. The zero-order valence-electron chi connectivity index (χ0n) is 16.5. The lowest BCUT2D eigenvalue weighted by atomic mass is 9.89. The van der Waals surface area contributed by atoms with Gasteiger partial charge < -0.3 is 0 Å². The third-order valence-corrected chi connectivity index (χ3v) is 7.44. The first kappa shape index (κ1) is 19.4. The van der Waals surface area contributed by atoms with Crippen LogP contribution in [0.15, 0.2) is 71.6 Å². The second-order valence-corrected chi connectivity index (χ2v) is 9.44. The summed E-state index contributed by atoms with van der Waals surface area (Å²) in [4.78, 5) is 12.0. The molecule has 0 radical (unpaired) electrons. The Morgan fingerprint density at radius 3 is 2.38 bits per heavy atom. The minimum Gasteiger partial charge on any atom is -0.298 e. The maximum Gasteiger partial charge on any atom is 0.264 e. The van der Waals surface area contributed by atoms with Crippen LogP contribution in [0.4, 0.5) is 5.69 Å². The van der Waals surface area contributed by atoms with Gasteiger partial charge in [-0.25, -0.2) is 8.42 Å². The van der Waals surface area contributed by atoms with E-state index in [0.29, 0.717) is 24.2 Å². The molecular formula is C24H23NO3S. The number of aldehydes is 1. The van der Waals surface area contributed by atoms with Crippen molar-refractivity contribution in [1.82, 2.24) is 0 Å². The number of rotatable bonds is 5. The van der Waals surface area contributed by atoms with Crippen LogP contribution in [-0.2, 0) is 16.4 Å². The molecule has 0 unspecified atom stereocenters. The van der Waals surface area contributed by atoms with E-state index in [1.54, 1.807) is 42.5 Å². The zero-order valence-corrected chi connectivity index (χ0v) is 17.3. The number of hydrogen-bond acceptors (Lipinski definition) is 3. The maximum atomic E-state index is 13.4. The van der Waals surface area contributed by atoms with Crippen LogP contribution in [0.1, 0.15) is 38.5 Å². The summed E-state index contributed by atoms with van der Waals surface area (Å²) >= 11 is 0. The molecule has 5 heteroatoms. The van der Waals surface area contributed by atoms with Gasteiger partial charge in [-0.1, -0.05) is 54.1 Å². The van der Waals surface area contributed by atoms with Crippen LogP contribution in [0.2, 0.25) is 0 Å². The summed E-state index contributed by atoms with van der Waals surface area (Å²) in [6.07, 6.45) is 1.51. The first-order valence-corrected chi connectivity index (χ1v) is 11.1. The van der Waals surface area contributed by atoms with E-state index >= 15 is 0 Å². The summed E-state index contributed by atoms with van der Waals surface area (Å²) in [5.74, 6) is -0.0762. The van der Waals surface area contributed by atoms with E-state index in [1.807, 2.05) is 19.1 Å². The quantitative estimate of drug-likeness (QED) is 0.581. The van der Waals surface area contributed by atoms with Gasteiger partial charge in [-0.05, 0) is 55.2 Å². The van der Waals surface area contributed by atoms with E-state index in [2.05, 4.69) is 19.1 Å². The van der Waals surface area contributed by atoms with Gasteiger partial charge in [-0.15, -0.1) is 0 Å². The number of hydrogen-bond donors (Lipinski definition) is 0. The number of aryl methyl sites for hydroxylation is 2. The van der Waals surface area contributed by atoms with Crippen LogP contribution in [0.3, 0.4) is 0 Å². The average Bonchev–Trinajstić information content (AvgIpc) is 3.09. The van der Waals surface area contributed by atoms with Crippen molar-refractivity contribution in [3.8, 4) is 0 Å². The van der Waals surface area contributed by atoms with Crippen molar-refractivity contribution in [2.24, 2.45) is 0 Å². The average molecular weight is 406 g/mol. The molecule has 0 aromatic heterocycles. The van der Waals surface area contributed by atoms with Gasteiger partial charge in [-0.3, -0.25) is 9.10 Å². The molecule has 3 aromatic rings. The minimum absolute atomic E-state index is 0.0762. The van der Waals surface area contributed by atoms with E-state index in [9.17, 15) is 13.2 Å². The normalized spacial score (nSPS) is 15.9. The molecule has 0 fully saturated rings. The SMILES string of the molecule is Cc1ccc(S(=O)(=O)N2C[C@H](Cc3ccccc3C)c3c(C=O)cccc32)cc1. The van der Waals surface area contributed by atoms with Gasteiger partial charge in [0.05, 0.1) is 10.6 Å². The topological polar surface area (TPSA) is 54.5 Å². The second-order valence-electron chi connectivity index (χ2n) is 7.57. The first-order chi connectivity index (χ1) is 13.9. The number of sulfonamides is 1. The van der Waals surface area contributed by atoms with Gasteiger partial charge >= 0.3 is 0 Å². The fourth-order valence-electron chi connectivity index (χ4n) is 4.06. The van der Waals surface area contributed by atoms with Crippen molar-refractivity contribution >= 4 is 22.0 Å². The molecule has 0 N–H and O–H groups in total. The Kier molecular flexibility index (Phi) is 5.01. The summed E-state index contributed by atoms with van der Waals surface area (Å²) in [5, 5.41) is 0. The van der Waals surface area contributed by atoms with Crippen molar-refractivity contribution in [3.05, 3.63) is 94.5 Å². The number of carbonyl (C=O) groups is 1. The summed E-state index contributed by atoms with van der Waals surface area (Å²) in [5.41, 5.74) is 5.32. The fraction of sp³-hybridized carbons (Fsp3) is 0.208. The molecule has 1 aliphatic heterocycles. The van der Waals surface area contributed by atoms with Gasteiger partial charge in [0.2, 0.25) is 0 Å². The van der Waals surface area contributed by atoms with E-state index in [0.717, 1.165) is 23.0 Å². The molecule has 148 valence electrons. The largest absolute Gasteiger partial charge is 0.298 e. The molecule has 0 aliphatic carbocycles. The highest BCUT2D eigenvalue weighted by atomic mass is 32.2. The summed E-state index contributed by atoms with van der Waals surface area (Å²) in [7, 11) is -3.71. The Labute approximate surface area is 171 Å². The summed E-state index contributed by atoms with van der Waals surface area (Å²) < 4.78 is 28.3. The molecule has 0 amide bonds. The second kappa shape index (κ2) is 7.48. The Morgan fingerprint density at radius 2 is 1.69 bits per heavy atom. The lowest BCUT2D eigenvalue weighted by molar-refractivity contribution is 0.112. The molecular weight excluding hydrogens is 382 g/mol. The molecule has 0 spiro atoms. The van der Waals surface area contributed by atoms with Crippen LogP contribution in [-0.4, -0.2) is 21.2 Å². The van der Waals surface area contributed by atoms with E-state index in [1.165, 1.54) is 9.87 Å². The van der Waals surface area contributed by atoms with Crippen LogP contribution >= 0.6 is 0 Å². The van der Waals surface area contributed by atoms with Crippen molar-refractivity contribution in [2.45, 2.75) is 31.1 Å². The highest BCUT2D eigenvalue weighted by molar-refractivity contribution is 7.92. The predicted molar refractivity (Wildman–Crippen MR) is 115 cm³/mol. The monoisotopic (exact) mass is 405 g/mol. The van der Waals surface area contributed by atoms with Crippen molar-refractivity contribution < 1.29 is 13.2 Å². The van der Waals surface area contributed by atoms with Crippen molar-refractivity contribution in [2.75, 3.05) is 10.8 Å². The fourth-order valence-corrected chi connectivity index (χ4v) is 5.59. The molecule has 29 heavy (non-hydrogen) atoms. The van der Waals surface area contributed by atoms with E-state index in [-0.39, 0.29) is 10.8 Å². The van der Waals surface area contributed by atoms with Gasteiger partial charge in [0, 0.05) is 18.0 Å². The van der Waals surface area contributed by atoms with Gasteiger partial charge in [-0.2, -0.15) is 0 Å². The van der Waals surface area contributed by atoms with Gasteiger partial charge in [0.15, 0.2) is 0 Å². The van der Waals surface area contributed by atoms with Crippen LogP contribution in [0.5, 0.6) is 0 Å². The molecule has 0 saturated carbocycles. The van der Waals surface area contributed by atoms with E-state index in [4.69, 9.17) is 0 Å². The zero-order chi connectivity index (χ0) is 20.6. The Balaban J connectivity index is 1.79. The molecule has 3 aromatic carbocycles. The number of anilines is 1. The van der Waals surface area contributed by atoms with Gasteiger partial charge in [0.25, 0.3) is 10.0 Å². The van der Waals surface area contributed by atoms with E-state index < -0.39 is 10.0 Å². The molecule has 1 atom stereocenters. The van der Waals surface area contributed by atoms with Crippen molar-refractivity contribution in [3.63, 3.8) is 0 Å². The molecule has 0 bridgehead atoms. The summed E-state index contributed by atoms with van der Waals surface area (Å²) in [6, 6.07) is 20.3. The standard InChI is InChI=1S/C24H23NO3S/c1-17-10-12-22(13-11-17)29(27,28)25-15-21(14-19-7-4-3-6-18(19)2)24-20(16-26)8-5-9-23(24)25/h3-13,16,21H,14-15H2,1-2H3/t21-/m0/s1. The first-order valence-electron chi connectivity index (χ1n) is 9.64. The van der Waals surface area contributed by atoms with Crippen LogP contribution < -0.4 is 4.31 Å².